The fourth-order valence-electron chi connectivity index (χ4n) is 3.21. The average molecular weight is 356 g/mol. The number of thiol groups is 1. The number of aryl methyl sites for hydroxylation is 1. The van der Waals surface area contributed by atoms with Gasteiger partial charge in [-0.2, -0.15) is 0 Å². The highest BCUT2D eigenvalue weighted by Gasteiger charge is 2.21. The molecule has 25 heavy (non-hydrogen) atoms. The van der Waals surface area contributed by atoms with Crippen LogP contribution in [-0.4, -0.2) is 16.6 Å². The van der Waals surface area contributed by atoms with E-state index in [1.54, 1.807) is 0 Å². The maximum Gasteiger partial charge on any atom is 0.313 e. The van der Waals surface area contributed by atoms with Crippen molar-refractivity contribution < 1.29 is 9.53 Å². The van der Waals surface area contributed by atoms with Crippen LogP contribution < -0.4 is 10.7 Å². The van der Waals surface area contributed by atoms with Gasteiger partial charge in [-0.3, -0.25) is 4.79 Å². The molecule has 0 aliphatic carbocycles. The first-order valence-electron chi connectivity index (χ1n) is 8.84. The lowest BCUT2D eigenvalue weighted by Crippen LogP contribution is -2.27. The van der Waals surface area contributed by atoms with Gasteiger partial charge in [-0.15, -0.1) is 12.6 Å². The largest absolute Gasteiger partial charge is 0.463 e. The first-order valence-corrected chi connectivity index (χ1v) is 9.28. The molecule has 2 aromatic rings. The highest BCUT2D eigenvalue weighted by atomic mass is 32.1. The topological polar surface area (TPSA) is 31.2 Å². The summed E-state index contributed by atoms with van der Waals surface area (Å²) >= 11 is 4.78. The van der Waals surface area contributed by atoms with Gasteiger partial charge in [0.05, 0.1) is 17.4 Å². The summed E-state index contributed by atoms with van der Waals surface area (Å²) in [6.45, 7) is 6.74. The number of esters is 1. The number of fused-ring (bicyclic) bond motifs is 1. The molecule has 2 heterocycles. The van der Waals surface area contributed by atoms with E-state index in [0.29, 0.717) is 0 Å². The van der Waals surface area contributed by atoms with Crippen molar-refractivity contribution in [3.63, 3.8) is 0 Å². The number of carbonyl (C=O) groups is 1. The van der Waals surface area contributed by atoms with E-state index in [1.807, 2.05) is 19.9 Å². The smallest absolute Gasteiger partial charge is 0.313 e. The quantitative estimate of drug-likeness (QED) is 0.678. The van der Waals surface area contributed by atoms with E-state index < -0.39 is 0 Å². The Morgan fingerprint density at radius 1 is 1.20 bits per heavy atom. The second-order valence-electron chi connectivity index (χ2n) is 6.91. The van der Waals surface area contributed by atoms with Crippen LogP contribution in [0.5, 0.6) is 0 Å². The first-order chi connectivity index (χ1) is 12.0. The Morgan fingerprint density at radius 2 is 1.92 bits per heavy atom. The minimum Gasteiger partial charge on any atom is -0.463 e. The zero-order valence-electron chi connectivity index (χ0n) is 15.0. The Hall–Kier alpha value is -1.94. The van der Waals surface area contributed by atoms with Gasteiger partial charge in [-0.25, -0.2) is 0 Å². The second kappa shape index (κ2) is 7.52. The van der Waals surface area contributed by atoms with E-state index in [9.17, 15) is 4.79 Å². The molecule has 0 N–H and O–H groups in total. The molecular formula is C21H25NO2S. The fraction of sp³-hybridized carbons (Fsp3) is 0.381. The minimum atomic E-state index is -0.172. The molecule has 1 aromatic heterocycles. The highest BCUT2D eigenvalue weighted by Crippen LogP contribution is 2.17. The van der Waals surface area contributed by atoms with Gasteiger partial charge in [0.25, 0.3) is 0 Å². The molecule has 0 amide bonds. The van der Waals surface area contributed by atoms with E-state index in [0.717, 1.165) is 40.6 Å². The van der Waals surface area contributed by atoms with Gasteiger partial charge in [0, 0.05) is 16.8 Å². The zero-order chi connectivity index (χ0) is 18.0. The molecule has 0 saturated heterocycles. The third-order valence-corrected chi connectivity index (χ3v) is 4.99. The highest BCUT2D eigenvalue weighted by molar-refractivity contribution is 7.90. The number of aromatic nitrogens is 1. The van der Waals surface area contributed by atoms with Crippen molar-refractivity contribution in [3.05, 3.63) is 58.2 Å². The van der Waals surface area contributed by atoms with Crippen molar-refractivity contribution in [2.24, 2.45) is 5.92 Å². The number of hydrogen-bond acceptors (Lipinski definition) is 3. The Kier molecular flexibility index (Phi) is 5.38. The summed E-state index contributed by atoms with van der Waals surface area (Å²) in [4.78, 5) is 13.2. The van der Waals surface area contributed by atoms with Crippen LogP contribution in [0.1, 0.15) is 37.8 Å². The molecule has 4 heteroatoms. The third kappa shape index (κ3) is 4.01. The summed E-state index contributed by atoms with van der Waals surface area (Å²) in [6.07, 6.45) is 3.72. The normalized spacial score (nSPS) is 18.2. The average Bonchev–Trinajstić information content (AvgIpc) is 2.84. The zero-order valence-corrected chi connectivity index (χ0v) is 15.9. The fourth-order valence-corrected chi connectivity index (χ4v) is 3.55. The van der Waals surface area contributed by atoms with Crippen LogP contribution in [-0.2, 0) is 16.1 Å². The van der Waals surface area contributed by atoms with Crippen molar-refractivity contribution >= 4 is 29.6 Å². The van der Waals surface area contributed by atoms with Crippen molar-refractivity contribution in [2.75, 3.05) is 0 Å². The molecule has 1 atom stereocenters. The second-order valence-corrected chi connectivity index (χ2v) is 7.36. The molecular weight excluding hydrogens is 330 g/mol. The maximum absolute atomic E-state index is 12.3. The van der Waals surface area contributed by atoms with Gasteiger partial charge in [0.15, 0.2) is 0 Å². The molecule has 3 nitrogen and oxygen atoms in total. The number of hydrogen-bond donors (Lipinski definition) is 1. The molecule has 0 radical (unpaired) electrons. The summed E-state index contributed by atoms with van der Waals surface area (Å²) in [5, 5.41) is 2.16. The van der Waals surface area contributed by atoms with Gasteiger partial charge in [0.1, 0.15) is 0 Å². The summed E-state index contributed by atoms with van der Waals surface area (Å²) in [6, 6.07) is 12.6. The molecule has 1 aromatic carbocycles. The van der Waals surface area contributed by atoms with Gasteiger partial charge in [-0.05, 0) is 57.4 Å². The molecule has 132 valence electrons. The van der Waals surface area contributed by atoms with Gasteiger partial charge < -0.3 is 9.30 Å². The SMILES string of the molecule is Cc1ccc(C(S)=c2ccc3n2CCCC(C(=O)OC(C)C)C=3)cc1. The molecule has 0 bridgehead atoms. The molecule has 3 rings (SSSR count). The molecule has 0 spiro atoms. The van der Waals surface area contributed by atoms with Gasteiger partial charge in [0.2, 0.25) is 0 Å². The number of carbonyl (C=O) groups excluding carboxylic acids is 1. The number of nitrogens with zero attached hydrogens (tertiary/aromatic N) is 1. The Labute approximate surface area is 154 Å². The van der Waals surface area contributed by atoms with E-state index in [1.165, 1.54) is 5.56 Å². The van der Waals surface area contributed by atoms with Crippen LogP contribution in [0.2, 0.25) is 0 Å². The third-order valence-electron chi connectivity index (χ3n) is 4.51. The maximum atomic E-state index is 12.3. The number of benzene rings is 1. The van der Waals surface area contributed by atoms with Crippen molar-refractivity contribution in [1.29, 1.82) is 0 Å². The molecule has 0 fully saturated rings. The van der Waals surface area contributed by atoms with Crippen molar-refractivity contribution in [1.82, 2.24) is 4.57 Å². The Morgan fingerprint density at radius 3 is 2.60 bits per heavy atom. The number of ether oxygens (including phenoxy) is 1. The van der Waals surface area contributed by atoms with E-state index in [-0.39, 0.29) is 18.0 Å². The van der Waals surface area contributed by atoms with E-state index >= 15 is 0 Å². The van der Waals surface area contributed by atoms with Crippen LogP contribution in [0.3, 0.4) is 0 Å². The monoisotopic (exact) mass is 355 g/mol. The summed E-state index contributed by atoms with van der Waals surface area (Å²) < 4.78 is 7.65. The Balaban J connectivity index is 2.02. The predicted octanol–water partition coefficient (Wildman–Crippen LogP) is 3.02. The van der Waals surface area contributed by atoms with Crippen molar-refractivity contribution in [2.45, 2.75) is 46.3 Å². The predicted molar refractivity (Wildman–Crippen MR) is 105 cm³/mol. The summed E-state index contributed by atoms with van der Waals surface area (Å²) in [5.74, 6) is -0.297. The van der Waals surface area contributed by atoms with E-state index in [2.05, 4.69) is 47.9 Å². The van der Waals surface area contributed by atoms with Crippen molar-refractivity contribution in [3.8, 4) is 0 Å². The van der Waals surface area contributed by atoms with E-state index in [4.69, 9.17) is 17.4 Å². The van der Waals surface area contributed by atoms with Crippen LogP contribution in [0, 0.1) is 12.8 Å². The summed E-state index contributed by atoms with van der Waals surface area (Å²) in [7, 11) is 0. The van der Waals surface area contributed by atoms with Crippen LogP contribution >= 0.6 is 12.6 Å². The minimum absolute atomic E-state index is 0.0783. The number of rotatable bonds is 3. The summed E-state index contributed by atoms with van der Waals surface area (Å²) in [5.41, 5.74) is 2.34. The van der Waals surface area contributed by atoms with Gasteiger partial charge >= 0.3 is 5.97 Å². The van der Waals surface area contributed by atoms with Crippen LogP contribution in [0.15, 0.2) is 36.4 Å². The van der Waals surface area contributed by atoms with Crippen LogP contribution in [0.4, 0.5) is 0 Å². The Bertz CT molecular complexity index is 878. The molecule has 1 aliphatic rings. The first kappa shape index (κ1) is 17.9. The molecule has 1 unspecified atom stereocenters. The lowest BCUT2D eigenvalue weighted by atomic mass is 10.0. The lowest BCUT2D eigenvalue weighted by molar-refractivity contribution is -0.150. The lowest BCUT2D eigenvalue weighted by Gasteiger charge is -2.13. The molecule has 0 saturated carbocycles. The standard InChI is InChI=1S/C21H25NO2S/c1-14(2)24-21(23)17-5-4-12-22-18(13-17)10-11-19(22)20(25)16-8-6-15(3)7-9-16/h6-11,13-14,17,25H,4-5,12H2,1-3H3. The van der Waals surface area contributed by atoms with Crippen LogP contribution in [0.25, 0.3) is 11.0 Å². The van der Waals surface area contributed by atoms with Gasteiger partial charge in [-0.1, -0.05) is 29.8 Å². The molecule has 1 aliphatic heterocycles.